The van der Waals surface area contributed by atoms with Crippen LogP contribution in [0, 0.1) is 5.92 Å². The first-order chi connectivity index (χ1) is 10.3. The number of aromatic nitrogens is 1. The lowest BCUT2D eigenvalue weighted by Gasteiger charge is -2.31. The summed E-state index contributed by atoms with van der Waals surface area (Å²) in [5.41, 5.74) is 1.99. The maximum absolute atomic E-state index is 9.08. The maximum Gasteiger partial charge on any atom is 0.151 e. The Labute approximate surface area is 125 Å². The van der Waals surface area contributed by atoms with Crippen LogP contribution in [0.2, 0.25) is 0 Å². The van der Waals surface area contributed by atoms with E-state index in [2.05, 4.69) is 10.1 Å². The fraction of sp³-hybridized carbons (Fsp3) is 0.471. The van der Waals surface area contributed by atoms with Crippen LogP contribution in [-0.4, -0.2) is 34.9 Å². The quantitative estimate of drug-likeness (QED) is 0.918. The van der Waals surface area contributed by atoms with Crippen molar-refractivity contribution in [3.05, 3.63) is 42.2 Å². The van der Waals surface area contributed by atoms with Gasteiger partial charge in [-0.1, -0.05) is 35.5 Å². The van der Waals surface area contributed by atoms with Crippen molar-refractivity contribution in [1.29, 1.82) is 0 Å². The molecule has 0 bridgehead atoms. The van der Waals surface area contributed by atoms with Crippen molar-refractivity contribution in [2.45, 2.75) is 25.8 Å². The summed E-state index contributed by atoms with van der Waals surface area (Å²) < 4.78 is 5.48. The van der Waals surface area contributed by atoms with Gasteiger partial charge < -0.3 is 9.63 Å². The number of likely N-dealkylation sites (tertiary alicyclic amines) is 1. The molecule has 21 heavy (non-hydrogen) atoms. The van der Waals surface area contributed by atoms with E-state index in [-0.39, 0.29) is 0 Å². The minimum Gasteiger partial charge on any atom is -0.396 e. The topological polar surface area (TPSA) is 49.5 Å². The van der Waals surface area contributed by atoms with Gasteiger partial charge in [0.2, 0.25) is 0 Å². The van der Waals surface area contributed by atoms with Crippen LogP contribution in [0.25, 0.3) is 11.3 Å². The van der Waals surface area contributed by atoms with Crippen molar-refractivity contribution in [2.75, 3.05) is 19.7 Å². The molecule has 0 spiro atoms. The zero-order valence-corrected chi connectivity index (χ0v) is 12.2. The van der Waals surface area contributed by atoms with Gasteiger partial charge in [0.25, 0.3) is 0 Å². The highest BCUT2D eigenvalue weighted by Gasteiger charge is 2.20. The van der Waals surface area contributed by atoms with Crippen molar-refractivity contribution >= 4 is 0 Å². The van der Waals surface area contributed by atoms with E-state index in [1.165, 1.54) is 12.8 Å². The van der Waals surface area contributed by atoms with E-state index in [0.29, 0.717) is 12.5 Å². The minimum atomic E-state index is 0.291. The zero-order chi connectivity index (χ0) is 14.5. The molecule has 112 valence electrons. The average Bonchev–Trinajstić information content (AvgIpc) is 2.97. The molecule has 1 saturated heterocycles. The lowest BCUT2D eigenvalue weighted by Crippen LogP contribution is -2.35. The molecular weight excluding hydrogens is 264 g/mol. The van der Waals surface area contributed by atoms with E-state index in [4.69, 9.17) is 9.63 Å². The highest BCUT2D eigenvalue weighted by atomic mass is 16.5. The molecule has 1 fully saturated rings. The number of piperidine rings is 1. The third-order valence-corrected chi connectivity index (χ3v) is 4.15. The van der Waals surface area contributed by atoms with Gasteiger partial charge in [-0.3, -0.25) is 4.90 Å². The Morgan fingerprint density at radius 3 is 2.95 bits per heavy atom. The molecule has 4 heteroatoms. The Balaban J connectivity index is 1.62. The summed E-state index contributed by atoms with van der Waals surface area (Å²) >= 11 is 0. The Bertz CT molecular complexity index is 551. The smallest absolute Gasteiger partial charge is 0.151 e. The molecule has 0 amide bonds. The number of rotatable bonds is 5. The first-order valence-electron chi connectivity index (χ1n) is 7.69. The van der Waals surface area contributed by atoms with E-state index in [9.17, 15) is 0 Å². The molecular formula is C17H22N2O2. The third kappa shape index (κ3) is 3.71. The van der Waals surface area contributed by atoms with Crippen molar-refractivity contribution < 1.29 is 9.63 Å². The molecule has 1 aliphatic rings. The summed E-state index contributed by atoms with van der Waals surface area (Å²) in [5, 5.41) is 13.2. The molecule has 1 aromatic heterocycles. The van der Waals surface area contributed by atoms with Gasteiger partial charge in [-0.05, 0) is 31.7 Å². The van der Waals surface area contributed by atoms with E-state index < -0.39 is 0 Å². The molecule has 2 aromatic rings. The second-order valence-corrected chi connectivity index (χ2v) is 5.80. The summed E-state index contributed by atoms with van der Waals surface area (Å²) in [7, 11) is 0. The third-order valence-electron chi connectivity index (χ3n) is 4.15. The Morgan fingerprint density at radius 2 is 2.14 bits per heavy atom. The molecule has 0 saturated carbocycles. The fourth-order valence-electron chi connectivity index (χ4n) is 3.07. The van der Waals surface area contributed by atoms with Crippen LogP contribution >= 0.6 is 0 Å². The van der Waals surface area contributed by atoms with Gasteiger partial charge in [0.1, 0.15) is 5.69 Å². The molecule has 1 aliphatic heterocycles. The van der Waals surface area contributed by atoms with E-state index >= 15 is 0 Å². The highest BCUT2D eigenvalue weighted by molar-refractivity contribution is 5.58. The predicted molar refractivity (Wildman–Crippen MR) is 81.6 cm³/mol. The van der Waals surface area contributed by atoms with Gasteiger partial charge in [-0.2, -0.15) is 0 Å². The Kier molecular flexibility index (Phi) is 4.68. The summed E-state index contributed by atoms with van der Waals surface area (Å²) in [6, 6.07) is 12.1. The van der Waals surface area contributed by atoms with Crippen molar-refractivity contribution in [2.24, 2.45) is 5.92 Å². The largest absolute Gasteiger partial charge is 0.396 e. The fourth-order valence-corrected chi connectivity index (χ4v) is 3.07. The molecule has 1 atom stereocenters. The van der Waals surface area contributed by atoms with Crippen LogP contribution in [0.4, 0.5) is 0 Å². The van der Waals surface area contributed by atoms with Crippen LogP contribution in [0.3, 0.4) is 0 Å². The van der Waals surface area contributed by atoms with Gasteiger partial charge in [0, 0.05) is 24.8 Å². The first-order valence-corrected chi connectivity index (χ1v) is 7.69. The van der Waals surface area contributed by atoms with Gasteiger partial charge in [0.05, 0.1) is 6.54 Å². The number of aliphatic hydroxyl groups excluding tert-OH is 1. The summed E-state index contributed by atoms with van der Waals surface area (Å²) in [5.74, 6) is 1.53. The van der Waals surface area contributed by atoms with Crippen LogP contribution in [0.5, 0.6) is 0 Å². The normalized spacial score (nSPS) is 19.8. The number of nitrogens with zero attached hydrogens (tertiary/aromatic N) is 2. The lowest BCUT2D eigenvalue weighted by molar-refractivity contribution is 0.132. The monoisotopic (exact) mass is 286 g/mol. The van der Waals surface area contributed by atoms with Crippen LogP contribution in [0.1, 0.15) is 25.0 Å². The molecule has 1 unspecified atom stereocenters. The van der Waals surface area contributed by atoms with Gasteiger partial charge in [-0.15, -0.1) is 0 Å². The van der Waals surface area contributed by atoms with Crippen LogP contribution < -0.4 is 0 Å². The molecule has 1 aromatic carbocycles. The highest BCUT2D eigenvalue weighted by Crippen LogP contribution is 2.23. The number of hydrogen-bond donors (Lipinski definition) is 1. The summed E-state index contributed by atoms with van der Waals surface area (Å²) in [4.78, 5) is 2.40. The zero-order valence-electron chi connectivity index (χ0n) is 12.2. The van der Waals surface area contributed by atoms with Crippen LogP contribution in [0.15, 0.2) is 40.9 Å². The van der Waals surface area contributed by atoms with E-state index in [0.717, 1.165) is 43.1 Å². The second-order valence-electron chi connectivity index (χ2n) is 5.80. The summed E-state index contributed by atoms with van der Waals surface area (Å²) in [6.07, 6.45) is 3.33. The predicted octanol–water partition coefficient (Wildman–Crippen LogP) is 2.94. The van der Waals surface area contributed by atoms with Crippen molar-refractivity contribution in [3.8, 4) is 11.3 Å². The summed E-state index contributed by atoms with van der Waals surface area (Å²) in [6.45, 7) is 3.24. The molecule has 1 N–H and O–H groups in total. The Hall–Kier alpha value is -1.65. The van der Waals surface area contributed by atoms with E-state index in [1.54, 1.807) is 0 Å². The maximum atomic E-state index is 9.08. The van der Waals surface area contributed by atoms with Crippen molar-refractivity contribution in [3.63, 3.8) is 0 Å². The standard InChI is InChI=1S/C17H22N2O2/c20-10-8-14-5-4-9-19(12-14)13-16-11-17(18-21-16)15-6-2-1-3-7-15/h1-3,6-7,11,14,20H,4-5,8-10,12-13H2. The molecule has 0 aliphatic carbocycles. The van der Waals surface area contributed by atoms with Crippen molar-refractivity contribution in [1.82, 2.24) is 10.1 Å². The average molecular weight is 286 g/mol. The number of aliphatic hydroxyl groups is 1. The van der Waals surface area contributed by atoms with Gasteiger partial charge in [0.15, 0.2) is 5.76 Å². The number of benzene rings is 1. The van der Waals surface area contributed by atoms with Gasteiger partial charge >= 0.3 is 0 Å². The van der Waals surface area contributed by atoms with Gasteiger partial charge in [-0.25, -0.2) is 0 Å². The lowest BCUT2D eigenvalue weighted by atomic mass is 9.95. The SMILES string of the molecule is OCCC1CCCN(Cc2cc(-c3ccccc3)no2)C1. The van der Waals surface area contributed by atoms with Crippen LogP contribution in [-0.2, 0) is 6.54 Å². The number of hydrogen-bond acceptors (Lipinski definition) is 4. The second kappa shape index (κ2) is 6.87. The molecule has 4 nitrogen and oxygen atoms in total. The molecule has 0 radical (unpaired) electrons. The van der Waals surface area contributed by atoms with E-state index in [1.807, 2.05) is 36.4 Å². The minimum absolute atomic E-state index is 0.291. The molecule has 3 rings (SSSR count). The molecule has 2 heterocycles. The Morgan fingerprint density at radius 1 is 1.29 bits per heavy atom. The first kappa shape index (κ1) is 14.3.